The Bertz CT molecular complexity index is 66.3. The lowest BCUT2D eigenvalue weighted by atomic mass is 10.0. The predicted molar refractivity (Wildman–Crippen MR) is 48.5 cm³/mol. The molecule has 0 unspecified atom stereocenters. The van der Waals surface area contributed by atoms with Gasteiger partial charge in [0.25, 0.3) is 0 Å². The molecule has 0 saturated carbocycles. The molecule has 0 saturated heterocycles. The first-order valence-corrected chi connectivity index (χ1v) is 5.10. The molecular weight excluding hydrogens is 192 g/mol. The lowest BCUT2D eigenvalue weighted by Crippen LogP contribution is -1.95. The van der Waals surface area contributed by atoms with Gasteiger partial charge in [-0.1, -0.05) is 35.7 Å². The van der Waals surface area contributed by atoms with E-state index in [1.807, 2.05) is 0 Å². The van der Waals surface area contributed by atoms with Crippen molar-refractivity contribution in [2.24, 2.45) is 5.92 Å². The molecule has 0 aromatic rings. The summed E-state index contributed by atoms with van der Waals surface area (Å²) in [6.45, 7) is 2.61. The van der Waals surface area contributed by atoms with Crippen LogP contribution < -0.4 is 0 Å². The number of halogens is 1. The van der Waals surface area contributed by atoms with E-state index in [2.05, 4.69) is 22.9 Å². The molecule has 0 amide bonds. The van der Waals surface area contributed by atoms with Crippen molar-refractivity contribution in [2.45, 2.75) is 32.6 Å². The van der Waals surface area contributed by atoms with Crippen molar-refractivity contribution in [3.63, 3.8) is 0 Å². The van der Waals surface area contributed by atoms with Crippen molar-refractivity contribution in [3.8, 4) is 0 Å². The largest absolute Gasteiger partial charge is 0.396 e. The smallest absolute Gasteiger partial charge is 0.0431 e. The molecule has 0 aliphatic heterocycles. The molecule has 1 nitrogen and oxygen atoms in total. The molecule has 1 N–H and O–H groups in total. The van der Waals surface area contributed by atoms with Gasteiger partial charge in [0.15, 0.2) is 0 Å². The summed E-state index contributed by atoms with van der Waals surface area (Å²) >= 11 is 3.41. The lowest BCUT2D eigenvalue weighted by Gasteiger charge is -2.07. The third-order valence-corrected chi connectivity index (χ3v) is 2.16. The van der Waals surface area contributed by atoms with Crippen LogP contribution in [0.5, 0.6) is 0 Å². The van der Waals surface area contributed by atoms with Crippen LogP contribution in [0.3, 0.4) is 0 Å². The highest BCUT2D eigenvalue weighted by Crippen LogP contribution is 2.12. The number of alkyl halides is 1. The van der Waals surface area contributed by atoms with Gasteiger partial charge in [0.2, 0.25) is 0 Å². The third-order valence-electron chi connectivity index (χ3n) is 1.71. The summed E-state index contributed by atoms with van der Waals surface area (Å²) in [6, 6.07) is 0. The van der Waals surface area contributed by atoms with Crippen LogP contribution >= 0.6 is 15.9 Å². The van der Waals surface area contributed by atoms with E-state index in [4.69, 9.17) is 5.11 Å². The van der Waals surface area contributed by atoms with E-state index in [9.17, 15) is 0 Å². The number of rotatable bonds is 6. The maximum atomic E-state index is 8.50. The number of unbranched alkanes of at least 4 members (excludes halogenated alkanes) is 1. The molecule has 0 aromatic carbocycles. The standard InChI is InChI=1S/C8H17BrO/c1-8(5-6-9)4-2-3-7-10/h8,10H,2-7H2,1H3/t8-/m1/s1. The van der Waals surface area contributed by atoms with Gasteiger partial charge in [-0.05, 0) is 18.8 Å². The molecule has 0 aliphatic rings. The van der Waals surface area contributed by atoms with E-state index in [0.29, 0.717) is 6.61 Å². The summed E-state index contributed by atoms with van der Waals surface area (Å²) in [6.07, 6.45) is 4.65. The van der Waals surface area contributed by atoms with Crippen molar-refractivity contribution in [1.82, 2.24) is 0 Å². The summed E-state index contributed by atoms with van der Waals surface area (Å²) in [4.78, 5) is 0. The fraction of sp³-hybridized carbons (Fsp3) is 1.00. The van der Waals surface area contributed by atoms with Gasteiger partial charge in [-0.3, -0.25) is 0 Å². The monoisotopic (exact) mass is 208 g/mol. The van der Waals surface area contributed by atoms with E-state index >= 15 is 0 Å². The summed E-state index contributed by atoms with van der Waals surface area (Å²) in [5.74, 6) is 0.811. The second-order valence-corrected chi connectivity index (χ2v) is 3.60. The summed E-state index contributed by atoms with van der Waals surface area (Å²) in [5.41, 5.74) is 0. The van der Waals surface area contributed by atoms with Gasteiger partial charge >= 0.3 is 0 Å². The molecule has 0 radical (unpaired) electrons. The van der Waals surface area contributed by atoms with Gasteiger partial charge in [0, 0.05) is 11.9 Å². The Morgan fingerprint density at radius 2 is 2.00 bits per heavy atom. The van der Waals surface area contributed by atoms with Crippen LogP contribution in [0, 0.1) is 5.92 Å². The van der Waals surface area contributed by atoms with Gasteiger partial charge in [0.05, 0.1) is 0 Å². The fourth-order valence-corrected chi connectivity index (χ4v) is 1.72. The zero-order chi connectivity index (χ0) is 7.82. The average molecular weight is 209 g/mol. The highest BCUT2D eigenvalue weighted by atomic mass is 79.9. The van der Waals surface area contributed by atoms with Gasteiger partial charge < -0.3 is 5.11 Å². The van der Waals surface area contributed by atoms with Crippen LogP contribution in [0.2, 0.25) is 0 Å². The summed E-state index contributed by atoms with van der Waals surface area (Å²) in [5, 5.41) is 9.60. The van der Waals surface area contributed by atoms with Crippen molar-refractivity contribution in [3.05, 3.63) is 0 Å². The summed E-state index contributed by atoms with van der Waals surface area (Å²) in [7, 11) is 0. The number of aliphatic hydroxyl groups is 1. The number of aliphatic hydroxyl groups excluding tert-OH is 1. The second-order valence-electron chi connectivity index (χ2n) is 2.80. The molecule has 1 atom stereocenters. The van der Waals surface area contributed by atoms with Crippen LogP contribution in [0.25, 0.3) is 0 Å². The van der Waals surface area contributed by atoms with Gasteiger partial charge in [0.1, 0.15) is 0 Å². The first kappa shape index (κ1) is 10.4. The van der Waals surface area contributed by atoms with Crippen molar-refractivity contribution in [2.75, 3.05) is 11.9 Å². The van der Waals surface area contributed by atoms with E-state index in [0.717, 1.165) is 17.7 Å². The molecule has 10 heavy (non-hydrogen) atoms. The van der Waals surface area contributed by atoms with Crippen LogP contribution in [-0.2, 0) is 0 Å². The molecule has 0 aliphatic carbocycles. The quantitative estimate of drug-likeness (QED) is 0.526. The van der Waals surface area contributed by atoms with Crippen molar-refractivity contribution >= 4 is 15.9 Å². The zero-order valence-electron chi connectivity index (χ0n) is 6.65. The molecule has 62 valence electrons. The van der Waals surface area contributed by atoms with E-state index in [1.54, 1.807) is 0 Å². The van der Waals surface area contributed by atoms with Gasteiger partial charge in [-0.25, -0.2) is 0 Å². The molecule has 0 bridgehead atoms. The predicted octanol–water partition coefficient (Wildman–Crippen LogP) is 2.57. The lowest BCUT2D eigenvalue weighted by molar-refractivity contribution is 0.278. The molecular formula is C8H17BrO. The SMILES string of the molecule is C[C@@H](CCBr)CCCCO. The van der Waals surface area contributed by atoms with Crippen LogP contribution in [0.1, 0.15) is 32.6 Å². The normalized spacial score (nSPS) is 13.5. The van der Waals surface area contributed by atoms with E-state index in [-0.39, 0.29) is 0 Å². The summed E-state index contributed by atoms with van der Waals surface area (Å²) < 4.78 is 0. The number of hydrogen-bond donors (Lipinski definition) is 1. The average Bonchev–Trinajstić information content (AvgIpc) is 1.89. The van der Waals surface area contributed by atoms with Crippen LogP contribution in [0.4, 0.5) is 0 Å². The Hall–Kier alpha value is 0.440. The topological polar surface area (TPSA) is 20.2 Å². The first-order valence-electron chi connectivity index (χ1n) is 3.98. The van der Waals surface area contributed by atoms with E-state index in [1.165, 1.54) is 19.3 Å². The van der Waals surface area contributed by atoms with Crippen molar-refractivity contribution < 1.29 is 5.11 Å². The number of hydrogen-bond acceptors (Lipinski definition) is 1. The van der Waals surface area contributed by atoms with E-state index < -0.39 is 0 Å². The maximum Gasteiger partial charge on any atom is 0.0431 e. The van der Waals surface area contributed by atoms with Crippen molar-refractivity contribution in [1.29, 1.82) is 0 Å². The van der Waals surface area contributed by atoms with Crippen LogP contribution in [-0.4, -0.2) is 17.0 Å². The highest BCUT2D eigenvalue weighted by Gasteiger charge is 1.99. The molecule has 0 rings (SSSR count). The Morgan fingerprint density at radius 3 is 2.50 bits per heavy atom. The Labute approximate surface area is 72.0 Å². The first-order chi connectivity index (χ1) is 4.81. The van der Waals surface area contributed by atoms with Crippen LogP contribution in [0.15, 0.2) is 0 Å². The molecule has 0 aromatic heterocycles. The van der Waals surface area contributed by atoms with Gasteiger partial charge in [-0.2, -0.15) is 0 Å². The Morgan fingerprint density at radius 1 is 1.30 bits per heavy atom. The minimum absolute atomic E-state index is 0.348. The minimum atomic E-state index is 0.348. The molecule has 0 fully saturated rings. The minimum Gasteiger partial charge on any atom is -0.396 e. The molecule has 2 heteroatoms. The molecule has 0 heterocycles. The fourth-order valence-electron chi connectivity index (χ4n) is 0.935. The third kappa shape index (κ3) is 6.56. The Balaban J connectivity index is 2.97. The molecule has 0 spiro atoms. The second kappa shape index (κ2) is 7.55. The highest BCUT2D eigenvalue weighted by molar-refractivity contribution is 9.09. The van der Waals surface area contributed by atoms with Gasteiger partial charge in [-0.15, -0.1) is 0 Å². The maximum absolute atomic E-state index is 8.50. The Kier molecular flexibility index (Phi) is 7.88. The zero-order valence-corrected chi connectivity index (χ0v) is 8.23.